The topological polar surface area (TPSA) is 79.0 Å². The van der Waals surface area contributed by atoms with E-state index >= 15 is 0 Å². The standard InChI is InChI=1S/C20H21F4N3O4S/c21-16-3-1-15(2-4-16)13-25-19(28)14-26-9-11-27(12-10-26)32(29,30)18-7-5-17(6-8-18)31-20(22,23)24/h1-8H,9-14H2,(H,25,28). The quantitative estimate of drug-likeness (QED) is 0.622. The summed E-state index contributed by atoms with van der Waals surface area (Å²) in [6.45, 7) is 1.24. The third kappa shape index (κ3) is 6.65. The molecule has 174 valence electrons. The van der Waals surface area contributed by atoms with Gasteiger partial charge in [0.15, 0.2) is 0 Å². The SMILES string of the molecule is O=C(CN1CCN(S(=O)(=O)c2ccc(OC(F)(F)F)cc2)CC1)NCc1ccc(F)cc1. The van der Waals surface area contributed by atoms with Crippen LogP contribution in [-0.4, -0.2) is 62.6 Å². The van der Waals surface area contributed by atoms with Crippen molar-refractivity contribution in [1.29, 1.82) is 0 Å². The predicted octanol–water partition coefficient (Wildman–Crippen LogP) is 2.35. The highest BCUT2D eigenvalue weighted by Crippen LogP contribution is 2.25. The van der Waals surface area contributed by atoms with Crippen molar-refractivity contribution in [3.8, 4) is 5.75 Å². The molecule has 7 nitrogen and oxygen atoms in total. The number of hydrogen-bond acceptors (Lipinski definition) is 5. The molecule has 1 fully saturated rings. The Morgan fingerprint density at radius 1 is 0.969 bits per heavy atom. The summed E-state index contributed by atoms with van der Waals surface area (Å²) in [5, 5.41) is 2.73. The Hall–Kier alpha value is -2.70. The van der Waals surface area contributed by atoms with E-state index in [-0.39, 0.29) is 42.8 Å². The number of carbonyl (C=O) groups is 1. The molecule has 1 heterocycles. The van der Waals surface area contributed by atoms with Gasteiger partial charge in [-0.05, 0) is 42.0 Å². The van der Waals surface area contributed by atoms with Gasteiger partial charge in [-0.2, -0.15) is 4.31 Å². The summed E-state index contributed by atoms with van der Waals surface area (Å²) in [4.78, 5) is 13.8. The number of hydrogen-bond donors (Lipinski definition) is 1. The summed E-state index contributed by atoms with van der Waals surface area (Å²) in [7, 11) is -3.89. The van der Waals surface area contributed by atoms with Gasteiger partial charge in [-0.3, -0.25) is 9.69 Å². The highest BCUT2D eigenvalue weighted by Gasteiger charge is 2.32. The minimum Gasteiger partial charge on any atom is -0.406 e. The van der Waals surface area contributed by atoms with Crippen molar-refractivity contribution in [2.24, 2.45) is 0 Å². The third-order valence-electron chi connectivity index (χ3n) is 4.80. The lowest BCUT2D eigenvalue weighted by atomic mass is 10.2. The minimum absolute atomic E-state index is 0.0819. The smallest absolute Gasteiger partial charge is 0.406 e. The minimum atomic E-state index is -4.86. The fourth-order valence-electron chi connectivity index (χ4n) is 3.15. The number of benzene rings is 2. The number of amides is 1. The van der Waals surface area contributed by atoms with Gasteiger partial charge in [0, 0.05) is 32.7 Å². The first kappa shape index (κ1) is 24.0. The summed E-state index contributed by atoms with van der Waals surface area (Å²) >= 11 is 0. The molecule has 0 aliphatic carbocycles. The van der Waals surface area contributed by atoms with Crippen molar-refractivity contribution in [2.75, 3.05) is 32.7 Å². The van der Waals surface area contributed by atoms with Crippen LogP contribution >= 0.6 is 0 Å². The largest absolute Gasteiger partial charge is 0.573 e. The average molecular weight is 475 g/mol. The fraction of sp³-hybridized carbons (Fsp3) is 0.350. The maximum absolute atomic E-state index is 12.9. The number of rotatable bonds is 7. The number of ether oxygens (including phenoxy) is 1. The zero-order chi connectivity index (χ0) is 23.4. The van der Waals surface area contributed by atoms with Gasteiger partial charge in [0.25, 0.3) is 0 Å². The molecule has 0 radical (unpaired) electrons. The number of piperazine rings is 1. The highest BCUT2D eigenvalue weighted by atomic mass is 32.2. The van der Waals surface area contributed by atoms with Crippen molar-refractivity contribution in [3.05, 3.63) is 59.9 Å². The van der Waals surface area contributed by atoms with E-state index in [1.165, 1.54) is 16.4 Å². The number of carbonyl (C=O) groups excluding carboxylic acids is 1. The first-order valence-corrected chi connectivity index (χ1v) is 11.1. The Balaban J connectivity index is 1.48. The maximum atomic E-state index is 12.9. The zero-order valence-electron chi connectivity index (χ0n) is 16.8. The molecule has 2 aromatic rings. The van der Waals surface area contributed by atoms with E-state index in [4.69, 9.17) is 0 Å². The van der Waals surface area contributed by atoms with Crippen LogP contribution in [0.1, 0.15) is 5.56 Å². The van der Waals surface area contributed by atoms with E-state index in [0.29, 0.717) is 13.1 Å². The second kappa shape index (κ2) is 9.84. The normalized spacial score (nSPS) is 16.0. The Kier molecular flexibility index (Phi) is 7.36. The van der Waals surface area contributed by atoms with E-state index in [1.54, 1.807) is 17.0 Å². The van der Waals surface area contributed by atoms with Crippen LogP contribution in [0.25, 0.3) is 0 Å². The van der Waals surface area contributed by atoms with E-state index in [0.717, 1.165) is 29.8 Å². The van der Waals surface area contributed by atoms with Crippen molar-refractivity contribution in [2.45, 2.75) is 17.8 Å². The van der Waals surface area contributed by atoms with Crippen LogP contribution in [0.4, 0.5) is 17.6 Å². The lowest BCUT2D eigenvalue weighted by molar-refractivity contribution is -0.274. The molecule has 0 bridgehead atoms. The second-order valence-electron chi connectivity index (χ2n) is 7.10. The molecular weight excluding hydrogens is 454 g/mol. The first-order valence-electron chi connectivity index (χ1n) is 9.62. The molecule has 3 rings (SSSR count). The molecule has 0 saturated carbocycles. The Bertz CT molecular complexity index is 1020. The van der Waals surface area contributed by atoms with E-state index < -0.39 is 22.1 Å². The maximum Gasteiger partial charge on any atom is 0.573 e. The van der Waals surface area contributed by atoms with E-state index in [9.17, 15) is 30.8 Å². The van der Waals surface area contributed by atoms with Crippen LogP contribution in [-0.2, 0) is 21.4 Å². The predicted molar refractivity (Wildman–Crippen MR) is 107 cm³/mol. The van der Waals surface area contributed by atoms with E-state index in [2.05, 4.69) is 10.1 Å². The molecule has 12 heteroatoms. The molecule has 1 amide bonds. The summed E-state index contributed by atoms with van der Waals surface area (Å²) in [6, 6.07) is 9.76. The summed E-state index contributed by atoms with van der Waals surface area (Å²) in [5.41, 5.74) is 0.752. The zero-order valence-corrected chi connectivity index (χ0v) is 17.6. The summed E-state index contributed by atoms with van der Waals surface area (Å²) in [6.07, 6.45) is -4.86. The van der Waals surface area contributed by atoms with Crippen LogP contribution in [0.2, 0.25) is 0 Å². The summed E-state index contributed by atoms with van der Waals surface area (Å²) in [5.74, 6) is -1.11. The lowest BCUT2D eigenvalue weighted by Gasteiger charge is -2.33. The molecule has 1 aliphatic heterocycles. The molecule has 2 aromatic carbocycles. The second-order valence-corrected chi connectivity index (χ2v) is 9.04. The molecule has 0 atom stereocenters. The monoisotopic (exact) mass is 475 g/mol. The Labute approximate surface area is 182 Å². The van der Waals surface area contributed by atoms with Gasteiger partial charge in [-0.25, -0.2) is 12.8 Å². The molecule has 1 N–H and O–H groups in total. The van der Waals surface area contributed by atoms with Crippen molar-refractivity contribution < 1.29 is 35.5 Å². The van der Waals surface area contributed by atoms with Gasteiger partial charge >= 0.3 is 6.36 Å². The molecule has 0 unspecified atom stereocenters. The Morgan fingerprint density at radius 3 is 2.12 bits per heavy atom. The number of halogens is 4. The number of sulfonamides is 1. The molecule has 0 spiro atoms. The van der Waals surface area contributed by atoms with Crippen LogP contribution in [0, 0.1) is 5.82 Å². The van der Waals surface area contributed by atoms with Crippen LogP contribution in [0.3, 0.4) is 0 Å². The first-order chi connectivity index (χ1) is 15.0. The fourth-order valence-corrected chi connectivity index (χ4v) is 4.57. The summed E-state index contributed by atoms with van der Waals surface area (Å²) < 4.78 is 80.1. The number of alkyl halides is 3. The average Bonchev–Trinajstić information content (AvgIpc) is 2.73. The van der Waals surface area contributed by atoms with E-state index in [1.807, 2.05) is 0 Å². The Morgan fingerprint density at radius 2 is 1.56 bits per heavy atom. The van der Waals surface area contributed by atoms with Crippen LogP contribution in [0.15, 0.2) is 53.4 Å². The van der Waals surface area contributed by atoms with Crippen molar-refractivity contribution >= 4 is 15.9 Å². The molecule has 1 saturated heterocycles. The van der Waals surface area contributed by atoms with Gasteiger partial charge in [0.05, 0.1) is 11.4 Å². The molecule has 1 aliphatic rings. The third-order valence-corrected chi connectivity index (χ3v) is 6.71. The van der Waals surface area contributed by atoms with Gasteiger partial charge in [-0.15, -0.1) is 13.2 Å². The van der Waals surface area contributed by atoms with Gasteiger partial charge in [-0.1, -0.05) is 12.1 Å². The van der Waals surface area contributed by atoms with Crippen LogP contribution < -0.4 is 10.1 Å². The van der Waals surface area contributed by atoms with Gasteiger partial charge < -0.3 is 10.1 Å². The molecule has 32 heavy (non-hydrogen) atoms. The highest BCUT2D eigenvalue weighted by molar-refractivity contribution is 7.89. The van der Waals surface area contributed by atoms with Gasteiger partial charge in [0.1, 0.15) is 11.6 Å². The number of nitrogens with zero attached hydrogens (tertiary/aromatic N) is 2. The number of nitrogens with one attached hydrogen (secondary N) is 1. The van der Waals surface area contributed by atoms with Gasteiger partial charge in [0.2, 0.25) is 15.9 Å². The molecule has 0 aromatic heterocycles. The lowest BCUT2D eigenvalue weighted by Crippen LogP contribution is -2.50. The molecular formula is C20H21F4N3O4S. The van der Waals surface area contributed by atoms with Crippen molar-refractivity contribution in [3.63, 3.8) is 0 Å². The van der Waals surface area contributed by atoms with Crippen molar-refractivity contribution in [1.82, 2.24) is 14.5 Å². The van der Waals surface area contributed by atoms with Crippen LogP contribution in [0.5, 0.6) is 5.75 Å².